The molecule has 0 aliphatic carbocycles. The normalized spacial score (nSPS) is 13.7. The van der Waals surface area contributed by atoms with Gasteiger partial charge in [0.25, 0.3) is 0 Å². The summed E-state index contributed by atoms with van der Waals surface area (Å²) in [6.07, 6.45) is 3.09. The molecule has 0 unspecified atom stereocenters. The van der Waals surface area contributed by atoms with Crippen molar-refractivity contribution >= 4 is 39.6 Å². The van der Waals surface area contributed by atoms with E-state index in [-0.39, 0.29) is 5.91 Å². The zero-order valence-corrected chi connectivity index (χ0v) is 17.5. The van der Waals surface area contributed by atoms with Crippen molar-refractivity contribution in [1.82, 2.24) is 9.97 Å². The third-order valence-corrected chi connectivity index (χ3v) is 5.48. The fraction of sp³-hybridized carbons (Fsp3) is 0.227. The number of nitrogens with one attached hydrogen (secondary N) is 2. The second kappa shape index (κ2) is 9.06. The van der Waals surface area contributed by atoms with Crippen LogP contribution < -0.4 is 15.5 Å². The summed E-state index contributed by atoms with van der Waals surface area (Å²) in [6.45, 7) is 8.59. The molecule has 0 saturated carbocycles. The van der Waals surface area contributed by atoms with Gasteiger partial charge in [0.05, 0.1) is 18.9 Å². The van der Waals surface area contributed by atoms with Crippen molar-refractivity contribution in [2.24, 2.45) is 0 Å². The summed E-state index contributed by atoms with van der Waals surface area (Å²) in [4.78, 5) is 24.3. The average Bonchev–Trinajstić information content (AvgIpc) is 3.18. The number of aryl methyl sites for hydroxylation is 1. The van der Waals surface area contributed by atoms with Crippen LogP contribution in [0.15, 0.2) is 55.3 Å². The van der Waals surface area contributed by atoms with Gasteiger partial charge in [-0.15, -0.1) is 11.3 Å². The van der Waals surface area contributed by atoms with Gasteiger partial charge in [0, 0.05) is 47.2 Å². The molecule has 1 saturated heterocycles. The Kier molecular flexibility index (Phi) is 6.06. The first-order chi connectivity index (χ1) is 14.6. The predicted octanol–water partition coefficient (Wildman–Crippen LogP) is 4.22. The van der Waals surface area contributed by atoms with E-state index in [2.05, 4.69) is 33.2 Å². The summed E-state index contributed by atoms with van der Waals surface area (Å²) in [5, 5.41) is 6.93. The highest BCUT2D eigenvalue weighted by atomic mass is 32.1. The summed E-state index contributed by atoms with van der Waals surface area (Å²) < 4.78 is 5.50. The number of morpholine rings is 1. The molecule has 0 radical (unpaired) electrons. The number of benzene rings is 1. The zero-order valence-electron chi connectivity index (χ0n) is 16.7. The SMILES string of the molecule is C=CC(=O)Nc1cccc(-c2cc(N3CCOCC3)cc(Nc3ncc(C)s3)n2)c1. The Morgan fingerprint density at radius 3 is 2.83 bits per heavy atom. The highest BCUT2D eigenvalue weighted by molar-refractivity contribution is 7.15. The van der Waals surface area contributed by atoms with Crippen LogP contribution in [0.3, 0.4) is 0 Å². The number of anilines is 4. The summed E-state index contributed by atoms with van der Waals surface area (Å²) in [7, 11) is 0. The van der Waals surface area contributed by atoms with Crippen LogP contribution in [-0.2, 0) is 9.53 Å². The van der Waals surface area contributed by atoms with Crippen LogP contribution in [0.4, 0.5) is 22.3 Å². The van der Waals surface area contributed by atoms with Gasteiger partial charge in [-0.25, -0.2) is 9.97 Å². The maximum absolute atomic E-state index is 11.7. The number of amides is 1. The maximum atomic E-state index is 11.7. The standard InChI is InChI=1S/C22H23N5O2S/c1-3-21(28)24-17-6-4-5-16(11-17)19-12-18(27-7-9-29-10-8-27)13-20(25-19)26-22-23-14-15(2)30-22/h3-6,11-14H,1,7-10H2,2H3,(H,24,28)(H,23,25,26). The number of ether oxygens (including phenoxy) is 1. The smallest absolute Gasteiger partial charge is 0.247 e. The van der Waals surface area contributed by atoms with Gasteiger partial charge in [0.1, 0.15) is 5.82 Å². The first-order valence-corrected chi connectivity index (χ1v) is 10.5. The monoisotopic (exact) mass is 421 g/mol. The fourth-order valence-electron chi connectivity index (χ4n) is 3.20. The molecule has 1 fully saturated rings. The molecule has 0 bridgehead atoms. The molecule has 1 aliphatic rings. The van der Waals surface area contributed by atoms with Crippen molar-refractivity contribution in [2.45, 2.75) is 6.92 Å². The Morgan fingerprint density at radius 1 is 1.27 bits per heavy atom. The average molecular weight is 422 g/mol. The lowest BCUT2D eigenvalue weighted by atomic mass is 10.1. The minimum absolute atomic E-state index is 0.247. The highest BCUT2D eigenvalue weighted by Crippen LogP contribution is 2.30. The van der Waals surface area contributed by atoms with Gasteiger partial charge in [-0.05, 0) is 31.2 Å². The number of thiazole rings is 1. The molecule has 1 aliphatic heterocycles. The van der Waals surface area contributed by atoms with Gasteiger partial charge in [0.15, 0.2) is 5.13 Å². The number of aromatic nitrogens is 2. The molecule has 7 nitrogen and oxygen atoms in total. The molecular weight excluding hydrogens is 398 g/mol. The van der Waals surface area contributed by atoms with E-state index in [0.29, 0.717) is 18.9 Å². The number of rotatable bonds is 6. The van der Waals surface area contributed by atoms with Crippen molar-refractivity contribution in [3.63, 3.8) is 0 Å². The number of carbonyl (C=O) groups is 1. The molecule has 2 aromatic heterocycles. The van der Waals surface area contributed by atoms with E-state index < -0.39 is 0 Å². The van der Waals surface area contributed by atoms with E-state index >= 15 is 0 Å². The van der Waals surface area contributed by atoms with Crippen molar-refractivity contribution in [2.75, 3.05) is 41.8 Å². The summed E-state index contributed by atoms with van der Waals surface area (Å²) in [5.41, 5.74) is 3.48. The van der Waals surface area contributed by atoms with Gasteiger partial charge in [-0.3, -0.25) is 4.79 Å². The van der Waals surface area contributed by atoms with Crippen molar-refractivity contribution in [3.8, 4) is 11.3 Å². The maximum Gasteiger partial charge on any atom is 0.247 e. The van der Waals surface area contributed by atoms with Crippen molar-refractivity contribution < 1.29 is 9.53 Å². The van der Waals surface area contributed by atoms with Crippen LogP contribution in [0.25, 0.3) is 11.3 Å². The Morgan fingerprint density at radius 2 is 2.10 bits per heavy atom. The second-order valence-corrected chi connectivity index (χ2v) is 8.11. The molecule has 3 aromatic rings. The molecule has 0 atom stereocenters. The second-order valence-electron chi connectivity index (χ2n) is 6.87. The summed E-state index contributed by atoms with van der Waals surface area (Å²) in [6, 6.07) is 11.7. The van der Waals surface area contributed by atoms with Crippen LogP contribution in [0.1, 0.15) is 4.88 Å². The number of hydrogen-bond donors (Lipinski definition) is 2. The van der Waals surface area contributed by atoms with E-state index in [4.69, 9.17) is 9.72 Å². The van der Waals surface area contributed by atoms with Gasteiger partial charge in [0.2, 0.25) is 5.91 Å². The Labute approximate surface area is 179 Å². The number of pyridine rings is 1. The molecule has 4 rings (SSSR count). The minimum atomic E-state index is -0.247. The molecule has 2 N–H and O–H groups in total. The van der Waals surface area contributed by atoms with Gasteiger partial charge >= 0.3 is 0 Å². The first-order valence-electron chi connectivity index (χ1n) is 9.69. The van der Waals surface area contributed by atoms with E-state index in [1.165, 1.54) is 6.08 Å². The molecule has 3 heterocycles. The van der Waals surface area contributed by atoms with Crippen LogP contribution >= 0.6 is 11.3 Å². The van der Waals surface area contributed by atoms with Crippen LogP contribution in [0.2, 0.25) is 0 Å². The number of nitrogens with zero attached hydrogens (tertiary/aromatic N) is 3. The fourth-order valence-corrected chi connectivity index (χ4v) is 3.88. The Bertz CT molecular complexity index is 1060. The van der Waals surface area contributed by atoms with Crippen molar-refractivity contribution in [3.05, 3.63) is 60.1 Å². The van der Waals surface area contributed by atoms with Crippen LogP contribution in [0, 0.1) is 6.92 Å². The van der Waals surface area contributed by atoms with E-state index in [1.54, 1.807) is 11.3 Å². The largest absolute Gasteiger partial charge is 0.378 e. The lowest BCUT2D eigenvalue weighted by Crippen LogP contribution is -2.36. The molecule has 1 amide bonds. The number of hydrogen-bond acceptors (Lipinski definition) is 7. The highest BCUT2D eigenvalue weighted by Gasteiger charge is 2.15. The van der Waals surface area contributed by atoms with E-state index in [1.807, 2.05) is 43.5 Å². The topological polar surface area (TPSA) is 79.4 Å². The number of carbonyl (C=O) groups excluding carboxylic acids is 1. The van der Waals surface area contributed by atoms with E-state index in [9.17, 15) is 4.79 Å². The minimum Gasteiger partial charge on any atom is -0.378 e. The third-order valence-electron chi connectivity index (χ3n) is 4.65. The first kappa shape index (κ1) is 20.1. The molecule has 8 heteroatoms. The van der Waals surface area contributed by atoms with Gasteiger partial charge < -0.3 is 20.3 Å². The molecule has 0 spiro atoms. The Hall–Kier alpha value is -3.23. The van der Waals surface area contributed by atoms with E-state index in [0.717, 1.165) is 45.9 Å². The van der Waals surface area contributed by atoms with Crippen LogP contribution in [-0.4, -0.2) is 42.2 Å². The molecule has 1 aromatic carbocycles. The Balaban J connectivity index is 1.70. The van der Waals surface area contributed by atoms with Crippen molar-refractivity contribution in [1.29, 1.82) is 0 Å². The quantitative estimate of drug-likeness (QED) is 0.580. The third kappa shape index (κ3) is 4.84. The lowest BCUT2D eigenvalue weighted by molar-refractivity contribution is -0.111. The zero-order chi connectivity index (χ0) is 20.9. The van der Waals surface area contributed by atoms with Crippen LogP contribution in [0.5, 0.6) is 0 Å². The molecule has 154 valence electrons. The molecule has 30 heavy (non-hydrogen) atoms. The molecular formula is C22H23N5O2S. The summed E-state index contributed by atoms with van der Waals surface area (Å²) in [5.74, 6) is 0.479. The van der Waals surface area contributed by atoms with Gasteiger partial charge in [-0.2, -0.15) is 0 Å². The predicted molar refractivity (Wildman–Crippen MR) is 122 cm³/mol. The summed E-state index contributed by atoms with van der Waals surface area (Å²) >= 11 is 1.58. The lowest BCUT2D eigenvalue weighted by Gasteiger charge is -2.29. The van der Waals surface area contributed by atoms with Gasteiger partial charge in [-0.1, -0.05) is 18.7 Å².